The molecule has 0 aliphatic carbocycles. The molecule has 3 aromatic heterocycles. The van der Waals surface area contributed by atoms with Gasteiger partial charge in [0, 0.05) is 37.0 Å². The number of nitrogens with one attached hydrogen (secondary N) is 2. The van der Waals surface area contributed by atoms with Gasteiger partial charge in [0.2, 0.25) is 0 Å². The minimum Gasteiger partial charge on any atom is -0.389 e. The van der Waals surface area contributed by atoms with E-state index in [0.717, 1.165) is 39.0 Å². The molecule has 170 valence electrons. The van der Waals surface area contributed by atoms with Crippen LogP contribution in [0.1, 0.15) is 33.7 Å². The molecule has 0 spiro atoms. The Morgan fingerprint density at radius 3 is 2.85 bits per heavy atom. The van der Waals surface area contributed by atoms with Gasteiger partial charge in [-0.3, -0.25) is 9.89 Å². The highest BCUT2D eigenvalue weighted by molar-refractivity contribution is 5.95. The number of carbonyl (C=O) groups is 1. The van der Waals surface area contributed by atoms with Gasteiger partial charge in [0.1, 0.15) is 11.3 Å². The summed E-state index contributed by atoms with van der Waals surface area (Å²) in [4.78, 5) is 17.6. The summed E-state index contributed by atoms with van der Waals surface area (Å²) >= 11 is 0. The van der Waals surface area contributed by atoms with Crippen molar-refractivity contribution >= 4 is 16.9 Å². The van der Waals surface area contributed by atoms with Crippen LogP contribution < -0.4 is 5.32 Å². The van der Waals surface area contributed by atoms with Gasteiger partial charge in [0.15, 0.2) is 0 Å². The summed E-state index contributed by atoms with van der Waals surface area (Å²) in [6, 6.07) is 12.0. The number of aryl methyl sites for hydroxylation is 2. The average molecular weight is 446 g/mol. The third-order valence-corrected chi connectivity index (χ3v) is 6.29. The number of carbonyl (C=O) groups excluding carboxylic acids is 1. The van der Waals surface area contributed by atoms with Crippen molar-refractivity contribution in [2.75, 3.05) is 13.2 Å². The van der Waals surface area contributed by atoms with E-state index in [1.54, 1.807) is 0 Å². The summed E-state index contributed by atoms with van der Waals surface area (Å²) in [6.45, 7) is 2.73. The first kappa shape index (κ1) is 21.4. The smallest absolute Gasteiger partial charge is 0.270 e. The van der Waals surface area contributed by atoms with Gasteiger partial charge >= 0.3 is 0 Å². The number of aromatic nitrogens is 4. The maximum Gasteiger partial charge on any atom is 0.270 e. The first-order valence-corrected chi connectivity index (χ1v) is 11.1. The summed E-state index contributed by atoms with van der Waals surface area (Å²) in [7, 11) is 1.92. The van der Waals surface area contributed by atoms with Crippen molar-refractivity contribution in [1.29, 1.82) is 0 Å². The van der Waals surface area contributed by atoms with E-state index >= 15 is 0 Å². The number of hydrogen-bond donors (Lipinski definition) is 3. The molecule has 2 unspecified atom stereocenters. The van der Waals surface area contributed by atoms with E-state index < -0.39 is 6.10 Å². The highest BCUT2D eigenvalue weighted by Crippen LogP contribution is 2.25. The third-order valence-electron chi connectivity index (χ3n) is 6.29. The van der Waals surface area contributed by atoms with Crippen molar-refractivity contribution in [1.82, 2.24) is 25.1 Å². The molecule has 0 radical (unpaired) electrons. The number of nitrogens with zero attached hydrogens (tertiary/aromatic N) is 3. The highest BCUT2D eigenvalue weighted by Gasteiger charge is 2.26. The number of rotatable bonds is 5. The molecule has 2 atom stereocenters. The first-order valence-electron chi connectivity index (χ1n) is 11.1. The van der Waals surface area contributed by atoms with E-state index in [2.05, 4.69) is 44.8 Å². The lowest BCUT2D eigenvalue weighted by molar-refractivity contribution is -0.0261. The second-order valence-corrected chi connectivity index (χ2v) is 8.60. The lowest BCUT2D eigenvalue weighted by Gasteiger charge is -2.28. The van der Waals surface area contributed by atoms with Crippen LogP contribution >= 0.6 is 0 Å². The molecule has 8 nitrogen and oxygen atoms in total. The van der Waals surface area contributed by atoms with E-state index in [4.69, 9.17) is 4.74 Å². The molecule has 5 rings (SSSR count). The Balaban J connectivity index is 1.43. The van der Waals surface area contributed by atoms with E-state index in [9.17, 15) is 9.90 Å². The molecule has 1 fully saturated rings. The minimum atomic E-state index is -0.710. The van der Waals surface area contributed by atoms with Gasteiger partial charge in [-0.25, -0.2) is 4.98 Å². The molecular weight excluding hydrogens is 418 g/mol. The number of aromatic amines is 1. The number of hydrogen-bond acceptors (Lipinski definition) is 5. The second-order valence-electron chi connectivity index (χ2n) is 8.60. The lowest BCUT2D eigenvalue weighted by Crippen LogP contribution is -2.48. The van der Waals surface area contributed by atoms with Crippen molar-refractivity contribution in [3.05, 3.63) is 71.3 Å². The van der Waals surface area contributed by atoms with Crippen molar-refractivity contribution in [2.24, 2.45) is 7.05 Å². The predicted molar refractivity (Wildman–Crippen MR) is 125 cm³/mol. The zero-order valence-electron chi connectivity index (χ0n) is 18.7. The fraction of sp³-hybridized carbons (Fsp3) is 0.320. The van der Waals surface area contributed by atoms with Gasteiger partial charge in [-0.15, -0.1) is 0 Å². The normalized spacial score (nSPS) is 18.5. The fourth-order valence-corrected chi connectivity index (χ4v) is 4.37. The number of benzene rings is 1. The van der Waals surface area contributed by atoms with Gasteiger partial charge in [-0.1, -0.05) is 24.3 Å². The van der Waals surface area contributed by atoms with Crippen molar-refractivity contribution < 1.29 is 14.6 Å². The van der Waals surface area contributed by atoms with Crippen molar-refractivity contribution in [3.63, 3.8) is 0 Å². The summed E-state index contributed by atoms with van der Waals surface area (Å²) < 4.78 is 7.18. The summed E-state index contributed by atoms with van der Waals surface area (Å²) in [5, 5.41) is 21.2. The number of aliphatic hydroxyl groups is 1. The Labute approximate surface area is 191 Å². The lowest BCUT2D eigenvalue weighted by atomic mass is 9.99. The number of H-pyrrole nitrogens is 1. The van der Waals surface area contributed by atoms with Crippen molar-refractivity contribution in [3.8, 4) is 11.1 Å². The third kappa shape index (κ3) is 4.27. The molecule has 3 N–H and O–H groups in total. The monoisotopic (exact) mass is 445 g/mol. The standard InChI is InChI=1S/C25H27N5O3/c1-15-20(13-26-29-15)17-5-3-16(4-6-17)11-18-12-22(27-24-19(18)7-9-30(24)2)25(32)28-21-8-10-33-14-23(21)31/h3-7,9,12-13,21,23,31H,8,10-11,14H2,1-2H3,(H,26,29)(H,28,32). The molecule has 1 amide bonds. The molecular formula is C25H27N5O3. The Bertz CT molecular complexity index is 1290. The number of aliphatic hydroxyl groups excluding tert-OH is 1. The SMILES string of the molecule is Cc1n[nH]cc1-c1ccc(Cc2cc(C(=O)NC3CCOCC3O)nc3c2ccn3C)cc1. The Morgan fingerprint density at radius 2 is 2.12 bits per heavy atom. The van der Waals surface area contributed by atoms with Gasteiger partial charge in [0.25, 0.3) is 5.91 Å². The fourth-order valence-electron chi connectivity index (χ4n) is 4.37. The molecule has 0 saturated carbocycles. The number of fused-ring (bicyclic) bond motifs is 1. The van der Waals surface area contributed by atoms with Crippen LogP contribution in [-0.4, -0.2) is 56.1 Å². The van der Waals surface area contributed by atoms with Crippen LogP contribution in [0.3, 0.4) is 0 Å². The van der Waals surface area contributed by atoms with Crippen LogP contribution in [0.2, 0.25) is 0 Å². The summed E-state index contributed by atoms with van der Waals surface area (Å²) in [5.74, 6) is -0.281. The number of ether oxygens (including phenoxy) is 1. The van der Waals surface area contributed by atoms with E-state index in [-0.39, 0.29) is 18.6 Å². The van der Waals surface area contributed by atoms with E-state index in [1.807, 2.05) is 43.1 Å². The quantitative estimate of drug-likeness (QED) is 0.438. The van der Waals surface area contributed by atoms with Crippen LogP contribution in [0, 0.1) is 6.92 Å². The molecule has 8 heteroatoms. The average Bonchev–Trinajstić information content (AvgIpc) is 3.41. The van der Waals surface area contributed by atoms with E-state index in [1.165, 1.54) is 0 Å². The molecule has 1 aliphatic heterocycles. The summed E-state index contributed by atoms with van der Waals surface area (Å²) in [5.41, 5.74) is 6.45. The van der Waals surface area contributed by atoms with Gasteiger partial charge in [0.05, 0.1) is 24.4 Å². The van der Waals surface area contributed by atoms with E-state index in [0.29, 0.717) is 25.1 Å². The maximum absolute atomic E-state index is 13.0. The van der Waals surface area contributed by atoms with Gasteiger partial charge in [-0.05, 0) is 48.6 Å². The van der Waals surface area contributed by atoms with Crippen LogP contribution in [0.4, 0.5) is 0 Å². The molecule has 1 aromatic carbocycles. The zero-order chi connectivity index (χ0) is 22.9. The second kappa shape index (κ2) is 8.80. The predicted octanol–water partition coefficient (Wildman–Crippen LogP) is 2.74. The van der Waals surface area contributed by atoms with Crippen LogP contribution in [0.25, 0.3) is 22.2 Å². The maximum atomic E-state index is 13.0. The Kier molecular flexibility index (Phi) is 5.70. The first-order chi connectivity index (χ1) is 16.0. The largest absolute Gasteiger partial charge is 0.389 e. The molecule has 0 bridgehead atoms. The molecule has 1 saturated heterocycles. The number of amides is 1. The molecule has 4 aromatic rings. The zero-order valence-corrected chi connectivity index (χ0v) is 18.7. The topological polar surface area (TPSA) is 105 Å². The molecule has 4 heterocycles. The molecule has 1 aliphatic rings. The Hall–Kier alpha value is -3.49. The summed E-state index contributed by atoms with van der Waals surface area (Å²) in [6.07, 6.45) is 4.40. The molecule has 33 heavy (non-hydrogen) atoms. The van der Waals surface area contributed by atoms with Crippen molar-refractivity contribution in [2.45, 2.75) is 31.9 Å². The van der Waals surface area contributed by atoms with Crippen LogP contribution in [0.15, 0.2) is 48.8 Å². The van der Waals surface area contributed by atoms with Crippen LogP contribution in [0.5, 0.6) is 0 Å². The van der Waals surface area contributed by atoms with Gasteiger partial charge in [-0.2, -0.15) is 5.10 Å². The minimum absolute atomic E-state index is 0.231. The van der Waals surface area contributed by atoms with Gasteiger partial charge < -0.3 is 19.7 Å². The Morgan fingerprint density at radius 1 is 1.30 bits per heavy atom. The number of pyridine rings is 1. The van der Waals surface area contributed by atoms with Crippen LogP contribution in [-0.2, 0) is 18.2 Å². The highest BCUT2D eigenvalue weighted by atomic mass is 16.5.